The van der Waals surface area contributed by atoms with Gasteiger partial charge in [-0.1, -0.05) is 0 Å². The second-order valence-corrected chi connectivity index (χ2v) is 4.74. The van der Waals surface area contributed by atoms with Crippen LogP contribution in [0.15, 0.2) is 12.1 Å². The topological polar surface area (TPSA) is 46.1 Å². The fourth-order valence-corrected chi connectivity index (χ4v) is 1.90. The largest absolute Gasteiger partial charge is 0.294 e. The molecule has 1 aliphatic heterocycles. The van der Waals surface area contributed by atoms with E-state index in [4.69, 9.17) is 11.6 Å². The quantitative estimate of drug-likeness (QED) is 0.580. The van der Waals surface area contributed by atoms with Crippen LogP contribution in [-0.2, 0) is 4.79 Å². The summed E-state index contributed by atoms with van der Waals surface area (Å²) >= 11 is 7.94. The Kier molecular flexibility index (Phi) is 2.87. The minimum Gasteiger partial charge on any atom is -0.294 e. The molecular weight excluding hydrogens is 316 g/mol. The molecule has 6 heteroatoms. The number of hydrogen-bond acceptors (Lipinski definition) is 3. The molecule has 0 spiro atoms. The van der Waals surface area contributed by atoms with Crippen molar-refractivity contribution in [3.8, 4) is 0 Å². The van der Waals surface area contributed by atoms with Crippen LogP contribution in [0.2, 0.25) is 0 Å². The second-order valence-electron chi connectivity index (χ2n) is 3.02. The standard InChI is InChI=1S/C8H7ClIN3O/c9-5-3-8(14)13(4-5)7-2-1-6(10)11-12-7/h1-2,5H,3-4H2. The number of carbonyl (C=O) groups is 1. The summed E-state index contributed by atoms with van der Waals surface area (Å²) in [5.41, 5.74) is 0. The van der Waals surface area contributed by atoms with Gasteiger partial charge >= 0.3 is 0 Å². The highest BCUT2D eigenvalue weighted by Crippen LogP contribution is 2.21. The lowest BCUT2D eigenvalue weighted by Gasteiger charge is -2.13. The lowest BCUT2D eigenvalue weighted by Crippen LogP contribution is -2.25. The first kappa shape index (κ1) is 10.1. The predicted octanol–water partition coefficient (Wildman–Crippen LogP) is 1.43. The number of halogens is 2. The predicted molar refractivity (Wildman–Crippen MR) is 61.4 cm³/mol. The van der Waals surface area contributed by atoms with Gasteiger partial charge in [0, 0.05) is 13.0 Å². The van der Waals surface area contributed by atoms with Crippen LogP contribution in [0.4, 0.5) is 5.82 Å². The molecule has 0 saturated carbocycles. The van der Waals surface area contributed by atoms with Crippen LogP contribution in [0.25, 0.3) is 0 Å². The first-order chi connectivity index (χ1) is 6.66. The Balaban J connectivity index is 2.23. The number of anilines is 1. The smallest absolute Gasteiger partial charge is 0.229 e. The lowest BCUT2D eigenvalue weighted by molar-refractivity contribution is -0.117. The molecule has 14 heavy (non-hydrogen) atoms. The number of nitrogens with zero attached hydrogens (tertiary/aromatic N) is 3. The van der Waals surface area contributed by atoms with Crippen molar-refractivity contribution in [3.63, 3.8) is 0 Å². The molecule has 0 bridgehead atoms. The summed E-state index contributed by atoms with van der Waals surface area (Å²) in [6.07, 6.45) is 0.384. The SMILES string of the molecule is O=C1CC(Cl)CN1c1ccc(I)nn1. The highest BCUT2D eigenvalue weighted by Gasteiger charge is 2.29. The van der Waals surface area contributed by atoms with Gasteiger partial charge in [-0.05, 0) is 34.7 Å². The van der Waals surface area contributed by atoms with E-state index in [0.29, 0.717) is 18.8 Å². The minimum absolute atomic E-state index is 0.0144. The molecule has 1 aromatic heterocycles. The Labute approximate surface area is 99.8 Å². The van der Waals surface area contributed by atoms with Gasteiger partial charge in [0.25, 0.3) is 0 Å². The molecule has 1 atom stereocenters. The van der Waals surface area contributed by atoms with E-state index in [1.165, 1.54) is 0 Å². The molecule has 1 amide bonds. The molecule has 74 valence electrons. The Morgan fingerprint density at radius 2 is 2.29 bits per heavy atom. The molecule has 4 nitrogen and oxygen atoms in total. The summed E-state index contributed by atoms with van der Waals surface area (Å²) < 4.78 is 0.806. The van der Waals surface area contributed by atoms with Crippen molar-refractivity contribution < 1.29 is 4.79 Å². The van der Waals surface area contributed by atoms with E-state index in [0.717, 1.165) is 3.70 Å². The zero-order valence-electron chi connectivity index (χ0n) is 7.15. The van der Waals surface area contributed by atoms with Gasteiger partial charge in [-0.25, -0.2) is 0 Å². The van der Waals surface area contributed by atoms with Crippen LogP contribution < -0.4 is 4.90 Å². The molecule has 1 unspecified atom stereocenters. The van der Waals surface area contributed by atoms with Gasteiger partial charge in [0.1, 0.15) is 3.70 Å². The molecule has 1 fully saturated rings. The third kappa shape index (κ3) is 1.98. The van der Waals surface area contributed by atoms with Crippen molar-refractivity contribution in [1.82, 2.24) is 10.2 Å². The van der Waals surface area contributed by atoms with E-state index in [1.807, 2.05) is 6.07 Å². The minimum atomic E-state index is -0.108. The van der Waals surface area contributed by atoms with Crippen LogP contribution in [-0.4, -0.2) is 28.0 Å². The first-order valence-electron chi connectivity index (χ1n) is 4.10. The third-order valence-electron chi connectivity index (χ3n) is 1.97. The molecule has 2 rings (SSSR count). The van der Waals surface area contributed by atoms with Crippen LogP contribution in [0, 0.1) is 3.70 Å². The summed E-state index contributed by atoms with van der Waals surface area (Å²) in [7, 11) is 0. The zero-order valence-corrected chi connectivity index (χ0v) is 10.1. The summed E-state index contributed by atoms with van der Waals surface area (Å²) in [5, 5.41) is 7.71. The third-order valence-corrected chi connectivity index (χ3v) is 2.84. The van der Waals surface area contributed by atoms with E-state index in [1.54, 1.807) is 11.0 Å². The van der Waals surface area contributed by atoms with Gasteiger partial charge in [-0.15, -0.1) is 21.8 Å². The normalized spacial score (nSPS) is 21.7. The molecular formula is C8H7ClIN3O. The maximum absolute atomic E-state index is 11.4. The van der Waals surface area contributed by atoms with Gasteiger partial charge in [-0.3, -0.25) is 9.69 Å². The van der Waals surface area contributed by atoms with Crippen LogP contribution in [0.5, 0.6) is 0 Å². The Bertz CT molecular complexity index is 356. The number of amides is 1. The summed E-state index contributed by atoms with van der Waals surface area (Å²) in [4.78, 5) is 13.0. The van der Waals surface area contributed by atoms with Crippen molar-refractivity contribution in [2.45, 2.75) is 11.8 Å². The summed E-state index contributed by atoms with van der Waals surface area (Å²) in [6, 6.07) is 3.60. The van der Waals surface area contributed by atoms with E-state index >= 15 is 0 Å². The van der Waals surface area contributed by atoms with Gasteiger partial charge in [0.15, 0.2) is 5.82 Å². The van der Waals surface area contributed by atoms with Crippen LogP contribution >= 0.6 is 34.2 Å². The zero-order chi connectivity index (χ0) is 10.1. The summed E-state index contributed by atoms with van der Waals surface area (Å²) in [5.74, 6) is 0.596. The summed E-state index contributed by atoms with van der Waals surface area (Å²) in [6.45, 7) is 0.523. The first-order valence-corrected chi connectivity index (χ1v) is 5.62. The molecule has 2 heterocycles. The highest BCUT2D eigenvalue weighted by molar-refractivity contribution is 14.1. The van der Waals surface area contributed by atoms with Crippen LogP contribution in [0.1, 0.15) is 6.42 Å². The molecule has 0 radical (unpaired) electrons. The number of rotatable bonds is 1. The average Bonchev–Trinajstić information content (AvgIpc) is 2.47. The number of alkyl halides is 1. The molecule has 0 aliphatic carbocycles. The molecule has 1 saturated heterocycles. The Morgan fingerprint density at radius 3 is 2.79 bits per heavy atom. The van der Waals surface area contributed by atoms with E-state index in [9.17, 15) is 4.79 Å². The molecule has 1 aliphatic rings. The van der Waals surface area contributed by atoms with Gasteiger partial charge in [0.05, 0.1) is 5.38 Å². The Hall–Kier alpha value is -0.430. The number of carbonyl (C=O) groups excluding carboxylic acids is 1. The second kappa shape index (κ2) is 3.98. The van der Waals surface area contributed by atoms with Crippen LogP contribution in [0.3, 0.4) is 0 Å². The maximum atomic E-state index is 11.4. The van der Waals surface area contributed by atoms with Gasteiger partial charge in [0.2, 0.25) is 5.91 Å². The van der Waals surface area contributed by atoms with Gasteiger partial charge in [-0.2, -0.15) is 0 Å². The monoisotopic (exact) mass is 323 g/mol. The van der Waals surface area contributed by atoms with E-state index < -0.39 is 0 Å². The number of aromatic nitrogens is 2. The van der Waals surface area contributed by atoms with Crippen molar-refractivity contribution >= 4 is 45.9 Å². The van der Waals surface area contributed by atoms with E-state index in [-0.39, 0.29) is 11.3 Å². The van der Waals surface area contributed by atoms with Crippen molar-refractivity contribution in [1.29, 1.82) is 0 Å². The number of hydrogen-bond donors (Lipinski definition) is 0. The lowest BCUT2D eigenvalue weighted by atomic mass is 10.4. The highest BCUT2D eigenvalue weighted by atomic mass is 127. The van der Waals surface area contributed by atoms with Crippen molar-refractivity contribution in [2.75, 3.05) is 11.4 Å². The van der Waals surface area contributed by atoms with Crippen molar-refractivity contribution in [2.24, 2.45) is 0 Å². The van der Waals surface area contributed by atoms with Crippen molar-refractivity contribution in [3.05, 3.63) is 15.8 Å². The molecule has 1 aromatic rings. The Morgan fingerprint density at radius 1 is 1.50 bits per heavy atom. The van der Waals surface area contributed by atoms with E-state index in [2.05, 4.69) is 32.8 Å². The fraction of sp³-hybridized carbons (Fsp3) is 0.375. The average molecular weight is 324 g/mol. The molecule has 0 aromatic carbocycles. The van der Waals surface area contributed by atoms with Gasteiger partial charge < -0.3 is 0 Å². The fourth-order valence-electron chi connectivity index (χ4n) is 1.34. The molecule has 0 N–H and O–H groups in total. The maximum Gasteiger partial charge on any atom is 0.229 e.